The summed E-state index contributed by atoms with van der Waals surface area (Å²) < 4.78 is 11.1. The van der Waals surface area contributed by atoms with E-state index in [4.69, 9.17) is 9.47 Å². The van der Waals surface area contributed by atoms with Crippen LogP contribution in [0.2, 0.25) is 0 Å². The summed E-state index contributed by atoms with van der Waals surface area (Å²) in [4.78, 5) is 30.6. The van der Waals surface area contributed by atoms with Crippen LogP contribution in [0.25, 0.3) is 0 Å². The molecule has 0 saturated carbocycles. The number of hydrogen-bond donors (Lipinski definition) is 1. The molecule has 5 rings (SSSR count). The molecule has 1 fully saturated rings. The van der Waals surface area contributed by atoms with Gasteiger partial charge in [-0.3, -0.25) is 19.4 Å². The molecule has 2 aromatic rings. The van der Waals surface area contributed by atoms with Gasteiger partial charge in [0.1, 0.15) is 13.2 Å². The smallest absolute Gasteiger partial charge is 0.265 e. The van der Waals surface area contributed by atoms with E-state index in [9.17, 15) is 14.7 Å². The van der Waals surface area contributed by atoms with E-state index in [0.717, 1.165) is 19.4 Å². The Bertz CT molecular complexity index is 1050. The summed E-state index contributed by atoms with van der Waals surface area (Å²) in [5.41, 5.74) is -0.343. The molecule has 3 heterocycles. The number of fused-ring (bicyclic) bond motifs is 2. The van der Waals surface area contributed by atoms with E-state index in [1.165, 1.54) is 6.42 Å². The van der Waals surface area contributed by atoms with Crippen LogP contribution in [0.1, 0.15) is 48.5 Å². The SMILES string of the molecule is CC1CCCCN1CN1C(=O)C(O)(CC(=O)c2ccc3c(c2)OCCO3)c2ccccc21. The second kappa shape index (κ2) is 8.22. The predicted octanol–water partition coefficient (Wildman–Crippen LogP) is 3.10. The largest absolute Gasteiger partial charge is 0.486 e. The number of nitrogens with zero attached hydrogens (tertiary/aromatic N) is 2. The van der Waals surface area contributed by atoms with Crippen LogP contribution < -0.4 is 14.4 Å². The van der Waals surface area contributed by atoms with Crippen molar-refractivity contribution in [1.29, 1.82) is 0 Å². The molecular weight excluding hydrogens is 408 g/mol. The van der Waals surface area contributed by atoms with Crippen molar-refractivity contribution in [2.24, 2.45) is 0 Å². The van der Waals surface area contributed by atoms with E-state index in [1.54, 1.807) is 35.2 Å². The maximum atomic E-state index is 13.5. The van der Waals surface area contributed by atoms with Gasteiger partial charge in [0, 0.05) is 23.7 Å². The van der Waals surface area contributed by atoms with E-state index in [-0.39, 0.29) is 12.2 Å². The summed E-state index contributed by atoms with van der Waals surface area (Å²) in [5.74, 6) is 0.340. The molecule has 2 atom stereocenters. The second-order valence-corrected chi connectivity index (χ2v) is 8.87. The van der Waals surface area contributed by atoms with Crippen LogP contribution in [0.5, 0.6) is 11.5 Å². The summed E-state index contributed by atoms with van der Waals surface area (Å²) >= 11 is 0. The molecule has 0 aromatic heterocycles. The number of anilines is 1. The molecule has 7 heteroatoms. The Balaban J connectivity index is 1.42. The highest BCUT2D eigenvalue weighted by atomic mass is 16.6. The minimum atomic E-state index is -1.89. The number of para-hydroxylation sites is 1. The van der Waals surface area contributed by atoms with Gasteiger partial charge >= 0.3 is 0 Å². The third kappa shape index (κ3) is 3.55. The first-order valence-electron chi connectivity index (χ1n) is 11.3. The van der Waals surface area contributed by atoms with Gasteiger partial charge in [-0.1, -0.05) is 24.6 Å². The number of piperidine rings is 1. The maximum absolute atomic E-state index is 13.5. The molecule has 0 radical (unpaired) electrons. The van der Waals surface area contributed by atoms with Crippen LogP contribution >= 0.6 is 0 Å². The highest BCUT2D eigenvalue weighted by Crippen LogP contribution is 2.43. The fraction of sp³-hybridized carbons (Fsp3) is 0.440. The number of benzene rings is 2. The van der Waals surface area contributed by atoms with Crippen molar-refractivity contribution in [3.63, 3.8) is 0 Å². The number of rotatable bonds is 5. The van der Waals surface area contributed by atoms with Crippen molar-refractivity contribution < 1.29 is 24.2 Å². The number of carbonyl (C=O) groups excluding carboxylic acids is 2. The second-order valence-electron chi connectivity index (χ2n) is 8.87. The Morgan fingerprint density at radius 2 is 1.91 bits per heavy atom. The van der Waals surface area contributed by atoms with Crippen LogP contribution in [0.15, 0.2) is 42.5 Å². The zero-order chi connectivity index (χ0) is 22.3. The molecule has 7 nitrogen and oxygen atoms in total. The average Bonchev–Trinajstić information content (AvgIpc) is 3.02. The van der Waals surface area contributed by atoms with Crippen LogP contribution in [-0.4, -0.2) is 54.2 Å². The molecule has 2 unspecified atom stereocenters. The lowest BCUT2D eigenvalue weighted by molar-refractivity contribution is -0.136. The molecule has 3 aliphatic rings. The van der Waals surface area contributed by atoms with E-state index >= 15 is 0 Å². The van der Waals surface area contributed by atoms with E-state index < -0.39 is 11.5 Å². The normalized spacial score (nSPS) is 25.0. The zero-order valence-corrected chi connectivity index (χ0v) is 18.3. The summed E-state index contributed by atoms with van der Waals surface area (Å²) in [6.45, 7) is 4.39. The van der Waals surface area contributed by atoms with Gasteiger partial charge < -0.3 is 14.6 Å². The summed E-state index contributed by atoms with van der Waals surface area (Å²) in [5, 5.41) is 11.6. The number of likely N-dealkylation sites (tertiary alicyclic amines) is 1. The van der Waals surface area contributed by atoms with Crippen LogP contribution in [-0.2, 0) is 10.4 Å². The van der Waals surface area contributed by atoms with Gasteiger partial charge in [-0.05, 0) is 44.0 Å². The topological polar surface area (TPSA) is 79.3 Å². The minimum absolute atomic E-state index is 0.319. The molecule has 1 saturated heterocycles. The molecule has 0 spiro atoms. The van der Waals surface area contributed by atoms with Gasteiger partial charge in [0.25, 0.3) is 5.91 Å². The molecule has 3 aliphatic heterocycles. The van der Waals surface area contributed by atoms with Crippen LogP contribution in [0.3, 0.4) is 0 Å². The summed E-state index contributed by atoms with van der Waals surface area (Å²) in [6, 6.07) is 12.6. The first-order chi connectivity index (χ1) is 15.5. The number of Topliss-reactive ketones (excluding diaryl/α,β-unsaturated/α-hetero) is 1. The maximum Gasteiger partial charge on any atom is 0.265 e. The predicted molar refractivity (Wildman–Crippen MR) is 119 cm³/mol. The number of ketones is 1. The lowest BCUT2D eigenvalue weighted by atomic mass is 9.88. The minimum Gasteiger partial charge on any atom is -0.486 e. The van der Waals surface area contributed by atoms with Crippen molar-refractivity contribution in [3.8, 4) is 11.5 Å². The van der Waals surface area contributed by atoms with E-state index in [0.29, 0.717) is 54.2 Å². The zero-order valence-electron chi connectivity index (χ0n) is 18.3. The summed E-state index contributed by atoms with van der Waals surface area (Å²) in [6.07, 6.45) is 3.06. The lowest BCUT2D eigenvalue weighted by Crippen LogP contribution is -2.49. The number of aliphatic hydroxyl groups is 1. The molecule has 168 valence electrons. The molecule has 2 aromatic carbocycles. The van der Waals surface area contributed by atoms with Crippen LogP contribution in [0, 0.1) is 0 Å². The van der Waals surface area contributed by atoms with Crippen molar-refractivity contribution in [1.82, 2.24) is 4.90 Å². The fourth-order valence-corrected chi connectivity index (χ4v) is 4.92. The average molecular weight is 437 g/mol. The molecule has 1 N–H and O–H groups in total. The molecule has 32 heavy (non-hydrogen) atoms. The van der Waals surface area contributed by atoms with Crippen molar-refractivity contribution >= 4 is 17.4 Å². The Hall–Kier alpha value is -2.90. The van der Waals surface area contributed by atoms with Gasteiger partial charge in [-0.25, -0.2) is 0 Å². The number of ether oxygens (including phenoxy) is 2. The number of amides is 1. The monoisotopic (exact) mass is 436 g/mol. The van der Waals surface area contributed by atoms with Crippen molar-refractivity contribution in [2.75, 3.05) is 31.3 Å². The quantitative estimate of drug-likeness (QED) is 0.726. The number of hydrogen-bond acceptors (Lipinski definition) is 6. The van der Waals surface area contributed by atoms with Gasteiger partial charge in [0.05, 0.1) is 18.8 Å². The van der Waals surface area contributed by atoms with Gasteiger partial charge in [-0.2, -0.15) is 0 Å². The highest BCUT2D eigenvalue weighted by molar-refractivity contribution is 6.10. The standard InChI is InChI=1S/C25H28N2O5/c1-17-6-4-5-11-26(17)16-27-20-8-3-2-7-19(20)25(30,24(27)29)15-21(28)18-9-10-22-23(14-18)32-13-12-31-22/h2-3,7-10,14,17,30H,4-6,11-13,15-16H2,1H3. The van der Waals surface area contributed by atoms with Gasteiger partial charge in [0.2, 0.25) is 0 Å². The van der Waals surface area contributed by atoms with Gasteiger partial charge in [0.15, 0.2) is 22.9 Å². The Labute approximate surface area is 187 Å². The van der Waals surface area contributed by atoms with E-state index in [2.05, 4.69) is 11.8 Å². The Kier molecular flexibility index (Phi) is 5.39. The van der Waals surface area contributed by atoms with Crippen molar-refractivity contribution in [2.45, 2.75) is 44.2 Å². The van der Waals surface area contributed by atoms with Crippen molar-refractivity contribution in [3.05, 3.63) is 53.6 Å². The van der Waals surface area contributed by atoms with E-state index in [1.807, 2.05) is 12.1 Å². The Morgan fingerprint density at radius 1 is 1.12 bits per heavy atom. The fourth-order valence-electron chi connectivity index (χ4n) is 4.92. The first kappa shape index (κ1) is 21.0. The first-order valence-corrected chi connectivity index (χ1v) is 11.3. The number of carbonyl (C=O) groups is 2. The summed E-state index contributed by atoms with van der Waals surface area (Å²) in [7, 11) is 0. The third-order valence-electron chi connectivity index (χ3n) is 6.78. The van der Waals surface area contributed by atoms with Gasteiger partial charge in [-0.15, -0.1) is 0 Å². The Morgan fingerprint density at radius 3 is 2.72 bits per heavy atom. The molecule has 0 bridgehead atoms. The molecule has 0 aliphatic carbocycles. The highest BCUT2D eigenvalue weighted by Gasteiger charge is 2.51. The molecular formula is C25H28N2O5. The third-order valence-corrected chi connectivity index (χ3v) is 6.78. The van der Waals surface area contributed by atoms with Crippen LogP contribution in [0.4, 0.5) is 5.69 Å². The lowest BCUT2D eigenvalue weighted by Gasteiger charge is -2.36. The molecule has 1 amide bonds.